The highest BCUT2D eigenvalue weighted by molar-refractivity contribution is 6.07. The van der Waals surface area contributed by atoms with E-state index in [1.165, 1.54) is 0 Å². The number of hydrogen-bond acceptors (Lipinski definition) is 3. The summed E-state index contributed by atoms with van der Waals surface area (Å²) in [6.45, 7) is 2.67. The van der Waals surface area contributed by atoms with Crippen molar-refractivity contribution in [1.29, 1.82) is 0 Å². The van der Waals surface area contributed by atoms with Crippen LogP contribution in [0.15, 0.2) is 54.6 Å². The first-order valence-electron chi connectivity index (χ1n) is 8.80. The molecule has 1 atom stereocenters. The maximum atomic E-state index is 13.2. The van der Waals surface area contributed by atoms with E-state index in [1.54, 1.807) is 11.8 Å². The van der Waals surface area contributed by atoms with E-state index in [4.69, 9.17) is 4.74 Å². The number of carbonyl (C=O) groups excluding carboxylic acids is 2. The van der Waals surface area contributed by atoms with Crippen LogP contribution in [0.4, 0.5) is 5.69 Å². The third-order valence-corrected chi connectivity index (χ3v) is 4.53. The molecule has 0 fully saturated rings. The lowest BCUT2D eigenvalue weighted by Crippen LogP contribution is -2.43. The van der Waals surface area contributed by atoms with Gasteiger partial charge in [0.25, 0.3) is 0 Å². The molecule has 0 N–H and O–H groups in total. The molecule has 0 saturated heterocycles. The molecule has 130 valence electrons. The van der Waals surface area contributed by atoms with Crippen molar-refractivity contribution in [3.8, 4) is 0 Å². The van der Waals surface area contributed by atoms with E-state index in [2.05, 4.69) is 0 Å². The Morgan fingerprint density at radius 1 is 1.08 bits per heavy atom. The Morgan fingerprint density at radius 2 is 1.80 bits per heavy atom. The largest absolute Gasteiger partial charge is 0.465 e. The summed E-state index contributed by atoms with van der Waals surface area (Å²) in [5.74, 6) is -1.43. The third-order valence-electron chi connectivity index (χ3n) is 4.53. The standard InChI is InChI=1S/C21H23NO3/c1-2-25-21(24)18(15-16-9-4-3-5-10-16)20(23)22-14-8-12-17-11-6-7-13-19(17)22/h3-7,9-11,13,18H,2,8,12,14-15H2,1H3/t18-/m0/s1. The molecular formula is C21H23NO3. The SMILES string of the molecule is CCOC(=O)[C@@H](Cc1ccccc1)C(=O)N1CCCc2ccccc21. The highest BCUT2D eigenvalue weighted by Gasteiger charge is 2.34. The molecule has 0 radical (unpaired) electrons. The van der Waals surface area contributed by atoms with Gasteiger partial charge in [0.15, 0.2) is 0 Å². The summed E-state index contributed by atoms with van der Waals surface area (Å²) >= 11 is 0. The number of nitrogens with zero attached hydrogens (tertiary/aromatic N) is 1. The van der Waals surface area contributed by atoms with E-state index >= 15 is 0 Å². The quantitative estimate of drug-likeness (QED) is 0.621. The Labute approximate surface area is 148 Å². The molecule has 1 aliphatic heterocycles. The molecule has 0 spiro atoms. The number of esters is 1. The first-order valence-corrected chi connectivity index (χ1v) is 8.80. The van der Waals surface area contributed by atoms with Gasteiger partial charge in [0.1, 0.15) is 5.92 Å². The lowest BCUT2D eigenvalue weighted by atomic mass is 9.95. The average Bonchev–Trinajstić information content (AvgIpc) is 2.66. The van der Waals surface area contributed by atoms with E-state index in [-0.39, 0.29) is 12.5 Å². The Bertz CT molecular complexity index is 742. The molecule has 0 unspecified atom stereocenters. The van der Waals surface area contributed by atoms with Gasteiger partial charge in [0.05, 0.1) is 6.61 Å². The Balaban J connectivity index is 1.88. The summed E-state index contributed by atoms with van der Waals surface area (Å²) in [5, 5.41) is 0. The van der Waals surface area contributed by atoms with Gasteiger partial charge in [-0.1, -0.05) is 48.5 Å². The van der Waals surface area contributed by atoms with Crippen molar-refractivity contribution in [3.05, 3.63) is 65.7 Å². The molecule has 0 aromatic heterocycles. The van der Waals surface area contributed by atoms with Gasteiger partial charge >= 0.3 is 5.97 Å². The van der Waals surface area contributed by atoms with Crippen molar-refractivity contribution in [1.82, 2.24) is 0 Å². The molecule has 4 heteroatoms. The summed E-state index contributed by atoms with van der Waals surface area (Å²) in [7, 11) is 0. The monoisotopic (exact) mass is 337 g/mol. The van der Waals surface area contributed by atoms with Crippen LogP contribution in [0.3, 0.4) is 0 Å². The van der Waals surface area contributed by atoms with Crippen LogP contribution in [0.2, 0.25) is 0 Å². The third kappa shape index (κ3) is 3.90. The highest BCUT2D eigenvalue weighted by Crippen LogP contribution is 2.29. The zero-order valence-corrected chi connectivity index (χ0v) is 14.5. The average molecular weight is 337 g/mol. The minimum absolute atomic E-state index is 0.172. The van der Waals surface area contributed by atoms with Crippen molar-refractivity contribution in [2.45, 2.75) is 26.2 Å². The molecule has 1 heterocycles. The van der Waals surface area contributed by atoms with Gasteiger partial charge in [-0.25, -0.2) is 0 Å². The minimum atomic E-state index is -0.812. The second-order valence-corrected chi connectivity index (χ2v) is 6.22. The van der Waals surface area contributed by atoms with E-state index in [0.29, 0.717) is 13.0 Å². The van der Waals surface area contributed by atoms with Crippen LogP contribution in [-0.2, 0) is 27.2 Å². The smallest absolute Gasteiger partial charge is 0.318 e. The fraction of sp³-hybridized carbons (Fsp3) is 0.333. The summed E-state index contributed by atoms with van der Waals surface area (Å²) in [4.78, 5) is 27.4. The number of ether oxygens (including phenoxy) is 1. The number of para-hydroxylation sites is 1. The van der Waals surface area contributed by atoms with Crippen LogP contribution in [0.25, 0.3) is 0 Å². The lowest BCUT2D eigenvalue weighted by Gasteiger charge is -2.31. The molecule has 4 nitrogen and oxygen atoms in total. The molecule has 25 heavy (non-hydrogen) atoms. The minimum Gasteiger partial charge on any atom is -0.465 e. The fourth-order valence-corrected chi connectivity index (χ4v) is 3.31. The molecular weight excluding hydrogens is 314 g/mol. The van der Waals surface area contributed by atoms with Gasteiger partial charge in [-0.3, -0.25) is 9.59 Å². The Hall–Kier alpha value is -2.62. The van der Waals surface area contributed by atoms with Crippen LogP contribution in [0.1, 0.15) is 24.5 Å². The predicted octanol–water partition coefficient (Wildman–Crippen LogP) is 3.39. The van der Waals surface area contributed by atoms with Crippen molar-refractivity contribution >= 4 is 17.6 Å². The van der Waals surface area contributed by atoms with Gasteiger partial charge in [-0.05, 0) is 43.4 Å². The van der Waals surface area contributed by atoms with E-state index in [1.807, 2.05) is 54.6 Å². The summed E-state index contributed by atoms with van der Waals surface area (Å²) in [6, 6.07) is 17.5. The molecule has 0 bridgehead atoms. The van der Waals surface area contributed by atoms with E-state index < -0.39 is 11.9 Å². The molecule has 0 aliphatic carbocycles. The summed E-state index contributed by atoms with van der Waals surface area (Å²) in [6.07, 6.45) is 2.23. The van der Waals surface area contributed by atoms with Crippen LogP contribution < -0.4 is 4.90 Å². The number of aryl methyl sites for hydroxylation is 1. The van der Waals surface area contributed by atoms with Crippen LogP contribution in [0, 0.1) is 5.92 Å². The number of hydrogen-bond donors (Lipinski definition) is 0. The zero-order chi connectivity index (χ0) is 17.6. The maximum Gasteiger partial charge on any atom is 0.318 e. The number of amides is 1. The molecule has 2 aromatic rings. The molecule has 3 rings (SSSR count). The first-order chi connectivity index (χ1) is 12.2. The van der Waals surface area contributed by atoms with Gasteiger partial charge in [0.2, 0.25) is 5.91 Å². The normalized spacial score (nSPS) is 14.5. The van der Waals surface area contributed by atoms with Crippen molar-refractivity contribution in [2.24, 2.45) is 5.92 Å². The number of anilines is 1. The van der Waals surface area contributed by atoms with E-state index in [9.17, 15) is 9.59 Å². The van der Waals surface area contributed by atoms with Gasteiger partial charge < -0.3 is 9.64 Å². The Morgan fingerprint density at radius 3 is 2.56 bits per heavy atom. The second kappa shape index (κ2) is 7.97. The molecule has 1 amide bonds. The summed E-state index contributed by atoms with van der Waals surface area (Å²) < 4.78 is 5.19. The van der Waals surface area contributed by atoms with Crippen molar-refractivity contribution in [2.75, 3.05) is 18.1 Å². The first kappa shape index (κ1) is 17.2. The van der Waals surface area contributed by atoms with Crippen molar-refractivity contribution in [3.63, 3.8) is 0 Å². The molecule has 2 aromatic carbocycles. The predicted molar refractivity (Wildman–Crippen MR) is 97.4 cm³/mol. The van der Waals surface area contributed by atoms with Crippen molar-refractivity contribution < 1.29 is 14.3 Å². The number of fused-ring (bicyclic) bond motifs is 1. The van der Waals surface area contributed by atoms with Crippen LogP contribution >= 0.6 is 0 Å². The number of benzene rings is 2. The summed E-state index contributed by atoms with van der Waals surface area (Å²) in [5.41, 5.74) is 3.03. The number of rotatable bonds is 5. The van der Waals surface area contributed by atoms with Crippen LogP contribution in [-0.4, -0.2) is 25.0 Å². The van der Waals surface area contributed by atoms with Gasteiger partial charge in [-0.2, -0.15) is 0 Å². The molecule has 0 saturated carbocycles. The maximum absolute atomic E-state index is 13.2. The number of carbonyl (C=O) groups is 2. The zero-order valence-electron chi connectivity index (χ0n) is 14.5. The fourth-order valence-electron chi connectivity index (χ4n) is 3.31. The Kier molecular flexibility index (Phi) is 5.49. The van der Waals surface area contributed by atoms with E-state index in [0.717, 1.165) is 29.7 Å². The molecule has 1 aliphatic rings. The lowest BCUT2D eigenvalue weighted by molar-refractivity contribution is -0.151. The second-order valence-electron chi connectivity index (χ2n) is 6.22. The highest BCUT2D eigenvalue weighted by atomic mass is 16.5. The topological polar surface area (TPSA) is 46.6 Å². The van der Waals surface area contributed by atoms with Gasteiger partial charge in [0, 0.05) is 12.2 Å². The van der Waals surface area contributed by atoms with Crippen LogP contribution in [0.5, 0.6) is 0 Å². The van der Waals surface area contributed by atoms with Gasteiger partial charge in [-0.15, -0.1) is 0 Å².